The minimum atomic E-state index is -0.490. The van der Waals surface area contributed by atoms with E-state index in [0.717, 1.165) is 15.6 Å². The van der Waals surface area contributed by atoms with Crippen LogP contribution in [-0.2, 0) is 6.42 Å². The van der Waals surface area contributed by atoms with Crippen molar-refractivity contribution in [2.75, 3.05) is 0 Å². The molecule has 1 atom stereocenters. The lowest BCUT2D eigenvalue weighted by Crippen LogP contribution is -2.01. The van der Waals surface area contributed by atoms with Gasteiger partial charge >= 0.3 is 0 Å². The highest BCUT2D eigenvalue weighted by molar-refractivity contribution is 9.10. The molecule has 2 heteroatoms. The molecule has 0 aliphatic carbocycles. The molecule has 0 spiro atoms. The first kappa shape index (κ1) is 11.4. The van der Waals surface area contributed by atoms with Gasteiger partial charge in [0.15, 0.2) is 0 Å². The van der Waals surface area contributed by atoms with Crippen LogP contribution in [0.1, 0.15) is 17.2 Å². The molecule has 1 radical (unpaired) electrons. The Bertz CT molecular complexity index is 453. The van der Waals surface area contributed by atoms with Crippen LogP contribution in [0.25, 0.3) is 0 Å². The van der Waals surface area contributed by atoms with Crippen LogP contribution in [0, 0.1) is 6.07 Å². The molecule has 0 heterocycles. The molecule has 0 saturated heterocycles. The Kier molecular flexibility index (Phi) is 3.75. The van der Waals surface area contributed by atoms with Crippen molar-refractivity contribution in [3.63, 3.8) is 0 Å². The smallest absolute Gasteiger partial charge is 0.0836 e. The molecule has 0 aromatic heterocycles. The van der Waals surface area contributed by atoms with Gasteiger partial charge in [-0.15, -0.1) is 0 Å². The van der Waals surface area contributed by atoms with Gasteiger partial charge in [0.1, 0.15) is 0 Å². The van der Waals surface area contributed by atoms with Gasteiger partial charge in [0.25, 0.3) is 0 Å². The van der Waals surface area contributed by atoms with E-state index in [-0.39, 0.29) is 0 Å². The van der Waals surface area contributed by atoms with Crippen molar-refractivity contribution < 1.29 is 5.11 Å². The number of aliphatic hydroxyl groups is 1. The minimum Gasteiger partial charge on any atom is -0.388 e. The van der Waals surface area contributed by atoms with Gasteiger partial charge in [-0.25, -0.2) is 0 Å². The molecule has 1 N–H and O–H groups in total. The van der Waals surface area contributed by atoms with Crippen LogP contribution in [0.4, 0.5) is 0 Å². The van der Waals surface area contributed by atoms with Gasteiger partial charge < -0.3 is 5.11 Å². The van der Waals surface area contributed by atoms with E-state index in [9.17, 15) is 5.11 Å². The molecule has 0 saturated carbocycles. The van der Waals surface area contributed by atoms with Crippen LogP contribution in [0.5, 0.6) is 0 Å². The molecule has 81 valence electrons. The van der Waals surface area contributed by atoms with Crippen molar-refractivity contribution in [1.29, 1.82) is 0 Å². The number of aliphatic hydroxyl groups excluding tert-OH is 1. The van der Waals surface area contributed by atoms with Crippen molar-refractivity contribution in [3.05, 3.63) is 70.2 Å². The maximum Gasteiger partial charge on any atom is 0.0836 e. The molecule has 2 aromatic rings. The maximum atomic E-state index is 10.0. The zero-order valence-corrected chi connectivity index (χ0v) is 10.3. The van der Waals surface area contributed by atoms with Crippen molar-refractivity contribution >= 4 is 15.9 Å². The summed E-state index contributed by atoms with van der Waals surface area (Å²) in [5.41, 5.74) is 1.95. The first-order chi connectivity index (χ1) is 7.75. The number of rotatable bonds is 3. The van der Waals surface area contributed by atoms with Crippen molar-refractivity contribution in [2.45, 2.75) is 12.5 Å². The molecule has 2 aromatic carbocycles. The quantitative estimate of drug-likeness (QED) is 0.909. The van der Waals surface area contributed by atoms with Crippen LogP contribution >= 0.6 is 15.9 Å². The summed E-state index contributed by atoms with van der Waals surface area (Å²) in [6.07, 6.45) is 0.121. The normalized spacial score (nSPS) is 12.4. The summed E-state index contributed by atoms with van der Waals surface area (Å²) in [6.45, 7) is 0. The highest BCUT2D eigenvalue weighted by atomic mass is 79.9. The first-order valence-electron chi connectivity index (χ1n) is 5.15. The van der Waals surface area contributed by atoms with Crippen LogP contribution in [0.15, 0.2) is 53.0 Å². The summed E-state index contributed by atoms with van der Waals surface area (Å²) in [5, 5.41) is 10.0. The van der Waals surface area contributed by atoms with Gasteiger partial charge in [-0.05, 0) is 29.3 Å². The van der Waals surface area contributed by atoms with E-state index < -0.39 is 6.10 Å². The third-order valence-corrected chi connectivity index (χ3v) is 2.90. The summed E-state index contributed by atoms with van der Waals surface area (Å²) in [7, 11) is 0. The fraction of sp³-hybridized carbons (Fsp3) is 0.143. The molecule has 0 aliphatic rings. The summed E-state index contributed by atoms with van der Waals surface area (Å²) in [4.78, 5) is 0. The second-order valence-electron chi connectivity index (χ2n) is 3.67. The van der Waals surface area contributed by atoms with E-state index in [1.54, 1.807) is 0 Å². The number of halogens is 1. The third kappa shape index (κ3) is 2.94. The second kappa shape index (κ2) is 5.28. The number of hydrogen-bond donors (Lipinski definition) is 1. The Labute approximate surface area is 104 Å². The summed E-state index contributed by atoms with van der Waals surface area (Å²) in [5.74, 6) is 0. The first-order valence-corrected chi connectivity index (χ1v) is 5.94. The SMILES string of the molecule is OC(Cc1cccc(Br)c1)c1[c]cccc1. The van der Waals surface area contributed by atoms with E-state index in [1.165, 1.54) is 0 Å². The molecule has 0 aliphatic heterocycles. The number of hydrogen-bond acceptors (Lipinski definition) is 1. The average Bonchev–Trinajstić information content (AvgIpc) is 2.30. The van der Waals surface area contributed by atoms with E-state index >= 15 is 0 Å². The molecule has 0 bridgehead atoms. The summed E-state index contributed by atoms with van der Waals surface area (Å²) < 4.78 is 1.04. The van der Waals surface area contributed by atoms with Crippen LogP contribution < -0.4 is 0 Å². The highest BCUT2D eigenvalue weighted by Crippen LogP contribution is 2.19. The Hall–Kier alpha value is -1.12. The molecular formula is C14H12BrO. The zero-order chi connectivity index (χ0) is 11.4. The van der Waals surface area contributed by atoms with Crippen molar-refractivity contribution in [2.24, 2.45) is 0 Å². The second-order valence-corrected chi connectivity index (χ2v) is 4.58. The van der Waals surface area contributed by atoms with Gasteiger partial charge in [0.2, 0.25) is 0 Å². The molecule has 16 heavy (non-hydrogen) atoms. The molecular weight excluding hydrogens is 264 g/mol. The molecule has 0 fully saturated rings. The predicted molar refractivity (Wildman–Crippen MR) is 68.1 cm³/mol. The molecule has 1 unspecified atom stereocenters. The Morgan fingerprint density at radius 1 is 1.19 bits per heavy atom. The average molecular weight is 276 g/mol. The monoisotopic (exact) mass is 275 g/mol. The van der Waals surface area contributed by atoms with Gasteiger partial charge in [0.05, 0.1) is 6.10 Å². The van der Waals surface area contributed by atoms with Crippen LogP contribution in [0.3, 0.4) is 0 Å². The fourth-order valence-corrected chi connectivity index (χ4v) is 2.06. The third-order valence-electron chi connectivity index (χ3n) is 2.41. The maximum absolute atomic E-state index is 10.0. The number of benzene rings is 2. The van der Waals surface area contributed by atoms with Crippen LogP contribution in [-0.4, -0.2) is 5.11 Å². The topological polar surface area (TPSA) is 20.2 Å². The summed E-state index contributed by atoms with van der Waals surface area (Å²) in [6, 6.07) is 18.5. The Morgan fingerprint density at radius 3 is 2.75 bits per heavy atom. The summed E-state index contributed by atoms with van der Waals surface area (Å²) >= 11 is 3.42. The van der Waals surface area contributed by atoms with Crippen LogP contribution in [0.2, 0.25) is 0 Å². The van der Waals surface area contributed by atoms with Crippen molar-refractivity contribution in [3.8, 4) is 0 Å². The van der Waals surface area contributed by atoms with E-state index in [2.05, 4.69) is 22.0 Å². The van der Waals surface area contributed by atoms with Gasteiger partial charge in [0, 0.05) is 10.9 Å². The largest absolute Gasteiger partial charge is 0.388 e. The highest BCUT2D eigenvalue weighted by Gasteiger charge is 2.08. The fourth-order valence-electron chi connectivity index (χ4n) is 1.61. The Balaban J connectivity index is 2.11. The van der Waals surface area contributed by atoms with E-state index in [4.69, 9.17) is 0 Å². The van der Waals surface area contributed by atoms with Gasteiger partial charge in [-0.2, -0.15) is 0 Å². The zero-order valence-electron chi connectivity index (χ0n) is 8.73. The predicted octanol–water partition coefficient (Wildman–Crippen LogP) is 3.53. The lowest BCUT2D eigenvalue weighted by molar-refractivity contribution is 0.178. The lowest BCUT2D eigenvalue weighted by atomic mass is 10.0. The van der Waals surface area contributed by atoms with E-state index in [1.807, 2.05) is 48.5 Å². The van der Waals surface area contributed by atoms with Crippen molar-refractivity contribution in [1.82, 2.24) is 0 Å². The lowest BCUT2D eigenvalue weighted by Gasteiger charge is -2.10. The Morgan fingerprint density at radius 2 is 2.06 bits per heavy atom. The molecule has 0 amide bonds. The van der Waals surface area contributed by atoms with Gasteiger partial charge in [-0.1, -0.05) is 52.3 Å². The standard InChI is InChI=1S/C14H12BrO/c15-13-8-4-5-11(9-13)10-14(16)12-6-2-1-3-7-12/h1-6,8-9,14,16H,10H2. The van der Waals surface area contributed by atoms with E-state index in [0.29, 0.717) is 6.42 Å². The molecule has 1 nitrogen and oxygen atoms in total. The molecule has 2 rings (SSSR count). The van der Waals surface area contributed by atoms with Gasteiger partial charge in [-0.3, -0.25) is 0 Å². The minimum absolute atomic E-state index is 0.490.